The van der Waals surface area contributed by atoms with Crippen molar-refractivity contribution in [2.75, 3.05) is 11.1 Å². The number of primary amides is 1. The number of nitrogens with two attached hydrogens (primary N) is 2. The molecule has 4 nitrogen and oxygen atoms in total. The number of hydrogen-bond donors (Lipinski definition) is 3. The summed E-state index contributed by atoms with van der Waals surface area (Å²) < 4.78 is 1.80. The van der Waals surface area contributed by atoms with Gasteiger partial charge in [-0.25, -0.2) is 0 Å². The van der Waals surface area contributed by atoms with Crippen molar-refractivity contribution >= 4 is 54.8 Å². The molecule has 0 saturated heterocycles. The Morgan fingerprint density at radius 2 is 1.79 bits per heavy atom. The molecular formula is C13H11Br2N3O. The zero-order chi connectivity index (χ0) is 14.0. The monoisotopic (exact) mass is 383 g/mol. The van der Waals surface area contributed by atoms with E-state index in [1.54, 1.807) is 18.2 Å². The van der Waals surface area contributed by atoms with Crippen molar-refractivity contribution in [3.63, 3.8) is 0 Å². The fraction of sp³-hybridized carbons (Fsp3) is 0. The first-order chi connectivity index (χ1) is 8.97. The fourth-order valence-electron chi connectivity index (χ4n) is 1.61. The van der Waals surface area contributed by atoms with Gasteiger partial charge in [-0.15, -0.1) is 0 Å². The number of hydrogen-bond acceptors (Lipinski definition) is 3. The van der Waals surface area contributed by atoms with Crippen molar-refractivity contribution in [2.24, 2.45) is 5.73 Å². The Bertz CT molecular complexity index is 644. The van der Waals surface area contributed by atoms with Gasteiger partial charge in [0.2, 0.25) is 0 Å². The molecule has 2 rings (SSSR count). The van der Waals surface area contributed by atoms with Crippen molar-refractivity contribution < 1.29 is 4.79 Å². The van der Waals surface area contributed by atoms with Gasteiger partial charge in [0.1, 0.15) is 0 Å². The van der Waals surface area contributed by atoms with E-state index in [2.05, 4.69) is 37.2 Å². The van der Waals surface area contributed by atoms with E-state index >= 15 is 0 Å². The number of halogens is 2. The molecule has 0 aliphatic heterocycles. The molecular weight excluding hydrogens is 374 g/mol. The molecule has 0 radical (unpaired) electrons. The van der Waals surface area contributed by atoms with Crippen LogP contribution < -0.4 is 16.8 Å². The molecule has 1 amide bonds. The van der Waals surface area contributed by atoms with Crippen LogP contribution in [0.3, 0.4) is 0 Å². The summed E-state index contributed by atoms with van der Waals surface area (Å²) in [6.45, 7) is 0. The van der Waals surface area contributed by atoms with Gasteiger partial charge >= 0.3 is 0 Å². The Hall–Kier alpha value is -1.53. The van der Waals surface area contributed by atoms with Crippen molar-refractivity contribution in [2.45, 2.75) is 0 Å². The second-order valence-corrected chi connectivity index (χ2v) is 5.69. The molecule has 0 bridgehead atoms. The highest BCUT2D eigenvalue weighted by molar-refractivity contribution is 9.11. The maximum Gasteiger partial charge on any atom is 0.250 e. The Balaban J connectivity index is 2.43. The topological polar surface area (TPSA) is 81.1 Å². The lowest BCUT2D eigenvalue weighted by Gasteiger charge is -2.12. The number of carbonyl (C=O) groups excluding carboxylic acids is 1. The highest BCUT2D eigenvalue weighted by atomic mass is 79.9. The van der Waals surface area contributed by atoms with Gasteiger partial charge in [0, 0.05) is 14.6 Å². The molecule has 2 aromatic carbocycles. The first kappa shape index (κ1) is 13.9. The van der Waals surface area contributed by atoms with Crippen LogP contribution in [-0.2, 0) is 0 Å². The van der Waals surface area contributed by atoms with E-state index in [0.29, 0.717) is 16.9 Å². The molecule has 98 valence electrons. The van der Waals surface area contributed by atoms with Gasteiger partial charge in [-0.05, 0) is 52.3 Å². The van der Waals surface area contributed by atoms with Crippen LogP contribution in [0.5, 0.6) is 0 Å². The molecule has 2 aromatic rings. The normalized spacial score (nSPS) is 10.2. The molecule has 0 spiro atoms. The summed E-state index contributed by atoms with van der Waals surface area (Å²) in [7, 11) is 0. The van der Waals surface area contributed by atoms with E-state index in [-0.39, 0.29) is 0 Å². The van der Waals surface area contributed by atoms with E-state index in [4.69, 9.17) is 11.5 Å². The minimum Gasteiger partial charge on any atom is -0.399 e. The molecule has 6 heteroatoms. The van der Waals surface area contributed by atoms with Crippen LogP contribution in [0.4, 0.5) is 17.1 Å². The predicted octanol–water partition coefficient (Wildman–Crippen LogP) is 3.64. The number of amides is 1. The zero-order valence-electron chi connectivity index (χ0n) is 9.78. The Labute approximate surface area is 127 Å². The van der Waals surface area contributed by atoms with Gasteiger partial charge in [0.15, 0.2) is 0 Å². The summed E-state index contributed by atoms with van der Waals surface area (Å²) in [4.78, 5) is 11.4. The van der Waals surface area contributed by atoms with Crippen molar-refractivity contribution in [3.8, 4) is 0 Å². The summed E-state index contributed by atoms with van der Waals surface area (Å²) >= 11 is 6.84. The summed E-state index contributed by atoms with van der Waals surface area (Å²) in [5.41, 5.74) is 13.3. The Kier molecular flexibility index (Phi) is 4.11. The maximum absolute atomic E-state index is 11.4. The van der Waals surface area contributed by atoms with Crippen molar-refractivity contribution in [3.05, 3.63) is 50.9 Å². The molecule has 0 aliphatic rings. The van der Waals surface area contributed by atoms with Gasteiger partial charge in [-0.3, -0.25) is 4.79 Å². The summed E-state index contributed by atoms with van der Waals surface area (Å²) in [6, 6.07) is 10.7. The lowest BCUT2D eigenvalue weighted by atomic mass is 10.1. The Morgan fingerprint density at radius 1 is 1.05 bits per heavy atom. The molecule has 0 unspecified atom stereocenters. The SMILES string of the molecule is NC(=O)c1cc(N)ccc1Nc1cc(Br)ccc1Br. The minimum atomic E-state index is -0.527. The number of rotatable bonds is 3. The third-order valence-electron chi connectivity index (χ3n) is 2.51. The Morgan fingerprint density at radius 3 is 2.47 bits per heavy atom. The van der Waals surface area contributed by atoms with Crippen molar-refractivity contribution in [1.29, 1.82) is 0 Å². The van der Waals surface area contributed by atoms with E-state index in [1.807, 2.05) is 18.2 Å². The third-order valence-corrected chi connectivity index (χ3v) is 3.69. The molecule has 5 N–H and O–H groups in total. The second kappa shape index (κ2) is 5.63. The number of benzene rings is 2. The third kappa shape index (κ3) is 3.27. The number of nitrogens with one attached hydrogen (secondary N) is 1. The molecule has 19 heavy (non-hydrogen) atoms. The van der Waals surface area contributed by atoms with E-state index in [9.17, 15) is 4.79 Å². The van der Waals surface area contributed by atoms with Gasteiger partial charge in [0.05, 0.1) is 16.9 Å². The highest BCUT2D eigenvalue weighted by Crippen LogP contribution is 2.30. The molecule has 0 atom stereocenters. The van der Waals surface area contributed by atoms with Gasteiger partial charge < -0.3 is 16.8 Å². The van der Waals surface area contributed by atoms with Gasteiger partial charge in [-0.2, -0.15) is 0 Å². The van der Waals surface area contributed by atoms with Crippen LogP contribution in [0, 0.1) is 0 Å². The quantitative estimate of drug-likeness (QED) is 0.706. The lowest BCUT2D eigenvalue weighted by Crippen LogP contribution is -2.13. The van der Waals surface area contributed by atoms with Crippen LogP contribution in [0.15, 0.2) is 45.3 Å². The number of anilines is 3. The maximum atomic E-state index is 11.4. The van der Waals surface area contributed by atoms with Crippen LogP contribution in [0.2, 0.25) is 0 Å². The lowest BCUT2D eigenvalue weighted by molar-refractivity contribution is 0.100. The van der Waals surface area contributed by atoms with E-state index < -0.39 is 5.91 Å². The van der Waals surface area contributed by atoms with Gasteiger partial charge in [0.25, 0.3) is 5.91 Å². The smallest absolute Gasteiger partial charge is 0.250 e. The highest BCUT2D eigenvalue weighted by Gasteiger charge is 2.10. The zero-order valence-corrected chi connectivity index (χ0v) is 13.0. The molecule has 0 saturated carbocycles. The summed E-state index contributed by atoms with van der Waals surface area (Å²) in [6.07, 6.45) is 0. The molecule has 0 fully saturated rings. The van der Waals surface area contributed by atoms with Crippen LogP contribution >= 0.6 is 31.9 Å². The molecule has 0 heterocycles. The first-order valence-electron chi connectivity index (χ1n) is 5.39. The predicted molar refractivity (Wildman–Crippen MR) is 84.5 cm³/mol. The number of nitrogen functional groups attached to an aromatic ring is 1. The van der Waals surface area contributed by atoms with Crippen LogP contribution in [0.25, 0.3) is 0 Å². The fourth-order valence-corrected chi connectivity index (χ4v) is 2.32. The first-order valence-corrected chi connectivity index (χ1v) is 6.97. The average Bonchev–Trinajstić information content (AvgIpc) is 2.35. The minimum absolute atomic E-state index is 0.354. The second-order valence-electron chi connectivity index (χ2n) is 3.92. The summed E-state index contributed by atoms with van der Waals surface area (Å²) in [5.74, 6) is -0.527. The van der Waals surface area contributed by atoms with Crippen LogP contribution in [0.1, 0.15) is 10.4 Å². The molecule has 0 aliphatic carbocycles. The number of carbonyl (C=O) groups is 1. The van der Waals surface area contributed by atoms with Crippen molar-refractivity contribution in [1.82, 2.24) is 0 Å². The van der Waals surface area contributed by atoms with E-state index in [1.165, 1.54) is 0 Å². The van der Waals surface area contributed by atoms with Crippen LogP contribution in [-0.4, -0.2) is 5.91 Å². The summed E-state index contributed by atoms with van der Waals surface area (Å²) in [5, 5.41) is 3.16. The average molecular weight is 385 g/mol. The van der Waals surface area contributed by atoms with E-state index in [0.717, 1.165) is 14.6 Å². The largest absolute Gasteiger partial charge is 0.399 e. The molecule has 0 aromatic heterocycles. The van der Waals surface area contributed by atoms with Gasteiger partial charge in [-0.1, -0.05) is 15.9 Å². The standard InChI is InChI=1S/C13H11Br2N3O/c14-7-1-3-10(15)12(5-7)18-11-4-2-8(16)6-9(11)13(17)19/h1-6,18H,16H2,(H2,17,19).